The molecule has 0 radical (unpaired) electrons. The average molecular weight is 443 g/mol. The number of hydrogen-bond acceptors (Lipinski definition) is 7. The zero-order valence-corrected chi connectivity index (χ0v) is 17.2. The first-order valence-corrected chi connectivity index (χ1v) is 10.3. The number of nitrogens with one attached hydrogen (secondary N) is 1. The van der Waals surface area contributed by atoms with E-state index in [0.717, 1.165) is 12.1 Å². The zero-order chi connectivity index (χ0) is 21.6. The highest BCUT2D eigenvalue weighted by molar-refractivity contribution is 7.90. The molecule has 2 amide bonds. The molecular formula is C17H19ClN4O6S. The van der Waals surface area contributed by atoms with Crippen LogP contribution in [0.15, 0.2) is 35.2 Å². The van der Waals surface area contributed by atoms with Crippen molar-refractivity contribution in [2.75, 3.05) is 20.2 Å². The average Bonchev–Trinajstić information content (AvgIpc) is 2.67. The minimum Gasteiger partial charge on any atom is -0.481 e. The van der Waals surface area contributed by atoms with Gasteiger partial charge in [0.2, 0.25) is 5.88 Å². The predicted octanol–water partition coefficient (Wildman–Crippen LogP) is 1.80. The Morgan fingerprint density at radius 2 is 1.97 bits per heavy atom. The number of carboxylic acids is 1. The molecule has 0 aliphatic heterocycles. The first kappa shape index (κ1) is 22.4. The summed E-state index contributed by atoms with van der Waals surface area (Å²) in [6, 6.07) is 5.54. The van der Waals surface area contributed by atoms with Gasteiger partial charge in [-0.2, -0.15) is 4.98 Å². The number of nitrogens with zero attached hydrogens (tertiary/aromatic N) is 3. The number of carbonyl (C=O) groups excluding carboxylic acids is 1. The van der Waals surface area contributed by atoms with Gasteiger partial charge in [-0.3, -0.25) is 0 Å². The maximum absolute atomic E-state index is 12.5. The van der Waals surface area contributed by atoms with Crippen molar-refractivity contribution in [3.63, 3.8) is 0 Å². The molecule has 0 atom stereocenters. The van der Waals surface area contributed by atoms with Crippen LogP contribution in [0.4, 0.5) is 4.79 Å². The Balaban J connectivity index is 2.14. The van der Waals surface area contributed by atoms with E-state index in [-0.39, 0.29) is 30.5 Å². The summed E-state index contributed by atoms with van der Waals surface area (Å²) in [5.41, 5.74) is -0.435. The fourth-order valence-corrected chi connectivity index (χ4v) is 3.77. The molecule has 156 valence electrons. The molecule has 10 nitrogen and oxygen atoms in total. The Kier molecular flexibility index (Phi) is 7.35. The molecule has 0 bridgehead atoms. The minimum absolute atomic E-state index is 0.0991. The van der Waals surface area contributed by atoms with Gasteiger partial charge in [0.15, 0.2) is 0 Å². The van der Waals surface area contributed by atoms with Crippen LogP contribution in [0.3, 0.4) is 0 Å². The molecule has 0 saturated heterocycles. The smallest absolute Gasteiger partial charge is 0.337 e. The second-order valence-corrected chi connectivity index (χ2v) is 7.73. The lowest BCUT2D eigenvalue weighted by atomic mass is 10.2. The summed E-state index contributed by atoms with van der Waals surface area (Å²) in [6.45, 7) is 1.96. The SMILES string of the molecule is CCN(CCc1nc(Cl)cc(OC)n1)C(=O)NS(=O)(=O)c1ccccc1C(=O)O. The molecule has 1 aromatic heterocycles. The van der Waals surface area contributed by atoms with Crippen molar-refractivity contribution in [3.05, 3.63) is 46.9 Å². The lowest BCUT2D eigenvalue weighted by Gasteiger charge is -2.21. The standard InChI is InChI=1S/C17H19ClN4O6S/c1-3-22(9-8-14-19-13(18)10-15(20-14)28-2)17(25)21-29(26,27)12-7-5-4-6-11(12)16(23)24/h4-7,10H,3,8-9H2,1-2H3,(H,21,25)(H,23,24). The highest BCUT2D eigenvalue weighted by atomic mass is 35.5. The lowest BCUT2D eigenvalue weighted by Crippen LogP contribution is -2.44. The van der Waals surface area contributed by atoms with Crippen LogP contribution >= 0.6 is 11.6 Å². The summed E-state index contributed by atoms with van der Waals surface area (Å²) in [4.78, 5) is 32.6. The van der Waals surface area contributed by atoms with Crippen molar-refractivity contribution < 1.29 is 27.9 Å². The van der Waals surface area contributed by atoms with Gasteiger partial charge in [0.25, 0.3) is 10.0 Å². The molecule has 0 spiro atoms. The van der Waals surface area contributed by atoms with E-state index in [9.17, 15) is 23.1 Å². The highest BCUT2D eigenvalue weighted by Gasteiger charge is 2.26. The number of methoxy groups -OCH3 is 1. The largest absolute Gasteiger partial charge is 0.481 e. The molecule has 2 aromatic rings. The van der Waals surface area contributed by atoms with E-state index in [4.69, 9.17) is 16.3 Å². The van der Waals surface area contributed by atoms with Gasteiger partial charge in [-0.05, 0) is 19.1 Å². The van der Waals surface area contributed by atoms with Crippen LogP contribution in [0.25, 0.3) is 0 Å². The fourth-order valence-electron chi connectivity index (χ4n) is 2.41. The van der Waals surface area contributed by atoms with E-state index in [1.54, 1.807) is 6.92 Å². The topological polar surface area (TPSA) is 139 Å². The van der Waals surface area contributed by atoms with E-state index in [1.807, 2.05) is 4.72 Å². The van der Waals surface area contributed by atoms with Crippen LogP contribution in [-0.2, 0) is 16.4 Å². The van der Waals surface area contributed by atoms with Crippen molar-refractivity contribution in [1.29, 1.82) is 0 Å². The summed E-state index contributed by atoms with van der Waals surface area (Å²) < 4.78 is 31.9. The minimum atomic E-state index is -4.39. The zero-order valence-electron chi connectivity index (χ0n) is 15.6. The van der Waals surface area contributed by atoms with Crippen LogP contribution in [-0.4, -0.2) is 60.6 Å². The van der Waals surface area contributed by atoms with E-state index < -0.39 is 32.5 Å². The number of urea groups is 1. The van der Waals surface area contributed by atoms with Crippen LogP contribution < -0.4 is 9.46 Å². The molecule has 1 aromatic carbocycles. The van der Waals surface area contributed by atoms with Gasteiger partial charge in [0.1, 0.15) is 15.9 Å². The van der Waals surface area contributed by atoms with Gasteiger partial charge in [-0.25, -0.2) is 27.7 Å². The van der Waals surface area contributed by atoms with E-state index >= 15 is 0 Å². The van der Waals surface area contributed by atoms with Crippen LogP contribution in [0.2, 0.25) is 5.15 Å². The second-order valence-electron chi connectivity index (χ2n) is 5.69. The first-order chi connectivity index (χ1) is 13.7. The first-order valence-electron chi connectivity index (χ1n) is 8.39. The fraction of sp³-hybridized carbons (Fsp3) is 0.294. The Hall–Kier alpha value is -2.92. The predicted molar refractivity (Wildman–Crippen MR) is 104 cm³/mol. The van der Waals surface area contributed by atoms with Gasteiger partial charge in [-0.1, -0.05) is 23.7 Å². The Bertz CT molecular complexity index is 1010. The van der Waals surface area contributed by atoms with Crippen molar-refractivity contribution in [1.82, 2.24) is 19.6 Å². The lowest BCUT2D eigenvalue weighted by molar-refractivity contribution is 0.0692. The molecule has 2 rings (SSSR count). The third kappa shape index (κ3) is 5.78. The molecular weight excluding hydrogens is 424 g/mol. The third-order valence-electron chi connectivity index (χ3n) is 3.83. The molecule has 0 aliphatic rings. The molecule has 0 unspecified atom stereocenters. The number of ether oxygens (including phenoxy) is 1. The van der Waals surface area contributed by atoms with Crippen molar-refractivity contribution >= 4 is 33.6 Å². The normalized spacial score (nSPS) is 11.0. The van der Waals surface area contributed by atoms with Crippen LogP contribution in [0.5, 0.6) is 5.88 Å². The van der Waals surface area contributed by atoms with Crippen molar-refractivity contribution in [2.24, 2.45) is 0 Å². The summed E-state index contributed by atoms with van der Waals surface area (Å²) in [7, 11) is -2.96. The van der Waals surface area contributed by atoms with Crippen molar-refractivity contribution in [2.45, 2.75) is 18.2 Å². The third-order valence-corrected chi connectivity index (χ3v) is 5.40. The number of carboxylic acid groups (broad SMARTS) is 1. The summed E-state index contributed by atoms with van der Waals surface area (Å²) in [5.74, 6) is -0.835. The molecule has 0 saturated carbocycles. The van der Waals surface area contributed by atoms with Gasteiger partial charge < -0.3 is 14.7 Å². The number of aromatic carboxylic acids is 1. The molecule has 29 heavy (non-hydrogen) atoms. The summed E-state index contributed by atoms with van der Waals surface area (Å²) in [6.07, 6.45) is 0.198. The number of hydrogen-bond donors (Lipinski definition) is 2. The molecule has 0 aliphatic carbocycles. The maximum Gasteiger partial charge on any atom is 0.337 e. The number of rotatable bonds is 8. The second kappa shape index (κ2) is 9.52. The molecule has 12 heteroatoms. The molecule has 1 heterocycles. The number of aromatic nitrogens is 2. The van der Waals surface area contributed by atoms with Crippen LogP contribution in [0, 0.1) is 0 Å². The number of sulfonamides is 1. The number of likely N-dealkylation sites (N-methyl/N-ethyl adjacent to an activating group) is 1. The number of halogens is 1. The highest BCUT2D eigenvalue weighted by Crippen LogP contribution is 2.16. The molecule has 0 fully saturated rings. The van der Waals surface area contributed by atoms with E-state index in [2.05, 4.69) is 9.97 Å². The number of carbonyl (C=O) groups is 2. The Labute approximate surface area is 172 Å². The van der Waals surface area contributed by atoms with E-state index in [1.165, 1.54) is 30.2 Å². The van der Waals surface area contributed by atoms with Gasteiger partial charge in [0, 0.05) is 25.6 Å². The number of benzene rings is 1. The monoisotopic (exact) mass is 442 g/mol. The van der Waals surface area contributed by atoms with Gasteiger partial charge in [0.05, 0.1) is 12.7 Å². The number of amides is 2. The maximum atomic E-state index is 12.5. The summed E-state index contributed by atoms with van der Waals surface area (Å²) >= 11 is 5.88. The Morgan fingerprint density at radius 1 is 1.28 bits per heavy atom. The molecule has 2 N–H and O–H groups in total. The Morgan fingerprint density at radius 3 is 2.59 bits per heavy atom. The van der Waals surface area contributed by atoms with Gasteiger partial charge in [-0.15, -0.1) is 0 Å². The van der Waals surface area contributed by atoms with Gasteiger partial charge >= 0.3 is 12.0 Å². The van der Waals surface area contributed by atoms with E-state index in [0.29, 0.717) is 5.82 Å². The van der Waals surface area contributed by atoms with Crippen LogP contribution in [0.1, 0.15) is 23.1 Å². The van der Waals surface area contributed by atoms with Crippen molar-refractivity contribution in [3.8, 4) is 5.88 Å². The quantitative estimate of drug-likeness (QED) is 0.590. The summed E-state index contributed by atoms with van der Waals surface area (Å²) in [5, 5.41) is 9.34.